The lowest BCUT2D eigenvalue weighted by Gasteiger charge is -2.32. The number of likely N-dealkylation sites (N-methyl/N-ethyl adjacent to an activating group) is 1. The van der Waals surface area contributed by atoms with Crippen LogP contribution in [0.1, 0.15) is 38.8 Å². The molecule has 2 rings (SSSR count). The predicted octanol–water partition coefficient (Wildman–Crippen LogP) is 3.44. The summed E-state index contributed by atoms with van der Waals surface area (Å²) in [5.41, 5.74) is 1.97. The maximum absolute atomic E-state index is 5.96. The average molecular weight is 301 g/mol. The first-order chi connectivity index (χ1) is 10.2. The van der Waals surface area contributed by atoms with Crippen molar-refractivity contribution in [2.75, 3.05) is 20.6 Å². The Kier molecular flexibility index (Phi) is 5.16. The molecule has 1 aromatic rings. The first-order valence-electron chi connectivity index (χ1n) is 7.97. The summed E-state index contributed by atoms with van der Waals surface area (Å²) >= 11 is 0. The van der Waals surface area contributed by atoms with Crippen molar-refractivity contribution in [1.29, 1.82) is 0 Å². The zero-order valence-corrected chi connectivity index (χ0v) is 14.7. The normalized spacial score (nSPS) is 20.2. The third kappa shape index (κ3) is 4.22. The minimum Gasteiger partial charge on any atom is -0.400 e. The molecule has 1 aliphatic heterocycles. The fraction of sp³-hybridized carbons (Fsp3) is 0.556. The van der Waals surface area contributed by atoms with Crippen LogP contribution >= 0.6 is 0 Å². The van der Waals surface area contributed by atoms with Gasteiger partial charge in [-0.2, -0.15) is 0 Å². The highest BCUT2D eigenvalue weighted by atomic mass is 16.7. The van der Waals surface area contributed by atoms with E-state index in [4.69, 9.17) is 9.31 Å². The van der Waals surface area contributed by atoms with E-state index in [1.54, 1.807) is 0 Å². The number of nitrogens with zero attached hydrogens (tertiary/aromatic N) is 1. The van der Waals surface area contributed by atoms with Crippen LogP contribution in [0.4, 0.5) is 0 Å². The molecule has 1 aliphatic rings. The Morgan fingerprint density at radius 2 is 1.55 bits per heavy atom. The molecule has 0 amide bonds. The summed E-state index contributed by atoms with van der Waals surface area (Å²) in [6, 6.07) is 8.67. The topological polar surface area (TPSA) is 21.7 Å². The molecule has 0 unspecified atom stereocenters. The summed E-state index contributed by atoms with van der Waals surface area (Å²) in [5, 5.41) is 0. The lowest BCUT2D eigenvalue weighted by atomic mass is 9.89. The SMILES string of the molecule is CN(C)CCc1ccc(/C=C/B2OC(C)(C)C(C)(C)O2)cc1. The van der Waals surface area contributed by atoms with Crippen molar-refractivity contribution in [2.24, 2.45) is 0 Å². The van der Waals surface area contributed by atoms with E-state index < -0.39 is 0 Å². The molecule has 1 saturated heterocycles. The Bertz CT molecular complexity index is 504. The molecule has 0 aromatic heterocycles. The summed E-state index contributed by atoms with van der Waals surface area (Å²) in [6.45, 7) is 9.35. The third-order valence-corrected chi connectivity index (χ3v) is 4.54. The molecular formula is C18H28BNO2. The van der Waals surface area contributed by atoms with Crippen LogP contribution in [0.3, 0.4) is 0 Å². The van der Waals surface area contributed by atoms with Gasteiger partial charge in [0.1, 0.15) is 0 Å². The Morgan fingerprint density at radius 1 is 1.00 bits per heavy atom. The van der Waals surface area contributed by atoms with Crippen LogP contribution in [-0.4, -0.2) is 43.9 Å². The first kappa shape index (κ1) is 17.3. The molecule has 1 fully saturated rings. The minimum atomic E-state index is -0.280. The van der Waals surface area contributed by atoms with Crippen LogP contribution in [-0.2, 0) is 15.7 Å². The molecule has 0 aliphatic carbocycles. The van der Waals surface area contributed by atoms with Gasteiger partial charge in [0.25, 0.3) is 0 Å². The van der Waals surface area contributed by atoms with Gasteiger partial charge in [-0.05, 0) is 59.3 Å². The van der Waals surface area contributed by atoms with Gasteiger partial charge >= 0.3 is 7.12 Å². The molecule has 0 radical (unpaired) electrons. The van der Waals surface area contributed by atoms with Gasteiger partial charge < -0.3 is 14.2 Å². The predicted molar refractivity (Wildman–Crippen MR) is 93.8 cm³/mol. The van der Waals surface area contributed by atoms with E-state index in [1.165, 1.54) is 11.1 Å². The molecule has 4 heteroatoms. The quantitative estimate of drug-likeness (QED) is 0.778. The number of hydrogen-bond donors (Lipinski definition) is 0. The summed E-state index contributed by atoms with van der Waals surface area (Å²) in [5.74, 6) is 1.99. The number of benzene rings is 1. The fourth-order valence-corrected chi connectivity index (χ4v) is 2.31. The second kappa shape index (κ2) is 6.57. The Labute approximate surface area is 135 Å². The highest BCUT2D eigenvalue weighted by Crippen LogP contribution is 2.36. The van der Waals surface area contributed by atoms with Crippen molar-refractivity contribution in [3.05, 3.63) is 41.4 Å². The molecule has 120 valence electrons. The lowest BCUT2D eigenvalue weighted by Crippen LogP contribution is -2.41. The van der Waals surface area contributed by atoms with Crippen molar-refractivity contribution in [3.63, 3.8) is 0 Å². The van der Waals surface area contributed by atoms with Crippen LogP contribution in [0.2, 0.25) is 0 Å². The second-order valence-electron chi connectivity index (χ2n) is 7.28. The maximum atomic E-state index is 5.96. The summed E-state index contributed by atoms with van der Waals surface area (Å²) in [6.07, 6.45) is 3.14. The third-order valence-electron chi connectivity index (χ3n) is 4.54. The monoisotopic (exact) mass is 301 g/mol. The van der Waals surface area contributed by atoms with Crippen molar-refractivity contribution in [3.8, 4) is 0 Å². The van der Waals surface area contributed by atoms with Gasteiger partial charge in [-0.25, -0.2) is 0 Å². The van der Waals surface area contributed by atoms with E-state index in [-0.39, 0.29) is 18.3 Å². The van der Waals surface area contributed by atoms with Gasteiger partial charge in [-0.1, -0.05) is 36.3 Å². The van der Waals surface area contributed by atoms with Crippen molar-refractivity contribution in [1.82, 2.24) is 4.90 Å². The van der Waals surface area contributed by atoms with Crippen molar-refractivity contribution in [2.45, 2.75) is 45.3 Å². The molecule has 0 saturated carbocycles. The summed E-state index contributed by atoms with van der Waals surface area (Å²) in [4.78, 5) is 2.20. The van der Waals surface area contributed by atoms with Gasteiger partial charge in [-0.15, -0.1) is 0 Å². The zero-order valence-electron chi connectivity index (χ0n) is 14.7. The van der Waals surface area contributed by atoms with E-state index in [2.05, 4.69) is 77.0 Å². The van der Waals surface area contributed by atoms with Gasteiger partial charge in [-0.3, -0.25) is 0 Å². The highest BCUT2D eigenvalue weighted by molar-refractivity contribution is 6.52. The van der Waals surface area contributed by atoms with E-state index in [0.717, 1.165) is 13.0 Å². The molecule has 0 atom stereocenters. The minimum absolute atomic E-state index is 0.279. The van der Waals surface area contributed by atoms with Crippen LogP contribution in [0.5, 0.6) is 0 Å². The lowest BCUT2D eigenvalue weighted by molar-refractivity contribution is 0.00578. The van der Waals surface area contributed by atoms with Crippen LogP contribution in [0, 0.1) is 0 Å². The fourth-order valence-electron chi connectivity index (χ4n) is 2.31. The summed E-state index contributed by atoms with van der Waals surface area (Å²) < 4.78 is 11.9. The molecular weight excluding hydrogens is 273 g/mol. The summed E-state index contributed by atoms with van der Waals surface area (Å²) in [7, 11) is 3.92. The van der Waals surface area contributed by atoms with Crippen molar-refractivity contribution < 1.29 is 9.31 Å². The van der Waals surface area contributed by atoms with Crippen LogP contribution in [0.25, 0.3) is 6.08 Å². The van der Waals surface area contributed by atoms with Gasteiger partial charge in [0, 0.05) is 6.54 Å². The number of rotatable bonds is 5. The van der Waals surface area contributed by atoms with Gasteiger partial charge in [0.05, 0.1) is 11.2 Å². The maximum Gasteiger partial charge on any atom is 0.487 e. The Morgan fingerprint density at radius 3 is 2.05 bits per heavy atom. The smallest absolute Gasteiger partial charge is 0.400 e. The van der Waals surface area contributed by atoms with Gasteiger partial charge in [0.2, 0.25) is 0 Å². The molecule has 22 heavy (non-hydrogen) atoms. The molecule has 0 N–H and O–H groups in total. The molecule has 0 bridgehead atoms. The van der Waals surface area contributed by atoms with Crippen LogP contribution in [0.15, 0.2) is 30.2 Å². The van der Waals surface area contributed by atoms with E-state index in [9.17, 15) is 0 Å². The van der Waals surface area contributed by atoms with Crippen molar-refractivity contribution >= 4 is 13.2 Å². The van der Waals surface area contributed by atoms with E-state index in [1.807, 2.05) is 5.98 Å². The molecule has 1 aromatic carbocycles. The molecule has 1 heterocycles. The Balaban J connectivity index is 1.94. The largest absolute Gasteiger partial charge is 0.487 e. The first-order valence-corrected chi connectivity index (χ1v) is 7.97. The van der Waals surface area contributed by atoms with Gasteiger partial charge in [0.15, 0.2) is 0 Å². The van der Waals surface area contributed by atoms with E-state index >= 15 is 0 Å². The standard InChI is InChI=1S/C18H28BNO2/c1-17(2)18(3,4)22-19(21-17)13-11-15-7-9-16(10-8-15)12-14-20(5)6/h7-11,13H,12,14H2,1-6H3/b13-11+. The average Bonchev–Trinajstić information content (AvgIpc) is 2.63. The molecule has 0 spiro atoms. The highest BCUT2D eigenvalue weighted by Gasteiger charge is 2.49. The van der Waals surface area contributed by atoms with E-state index in [0.29, 0.717) is 0 Å². The second-order valence-corrected chi connectivity index (χ2v) is 7.28. The molecule has 3 nitrogen and oxygen atoms in total. The van der Waals surface area contributed by atoms with Crippen LogP contribution < -0.4 is 0 Å². The zero-order chi connectivity index (χ0) is 16.4. The Hall–Kier alpha value is -1.10. The number of hydrogen-bond acceptors (Lipinski definition) is 3.